The van der Waals surface area contributed by atoms with E-state index in [1.807, 2.05) is 12.1 Å². The molecule has 0 fully saturated rings. The highest BCUT2D eigenvalue weighted by Gasteiger charge is 2.27. The molecule has 5 nitrogen and oxygen atoms in total. The minimum absolute atomic E-state index is 0.121. The van der Waals surface area contributed by atoms with Gasteiger partial charge in [-0.25, -0.2) is 12.7 Å². The number of sulfonamides is 1. The number of rotatable bonds is 7. The van der Waals surface area contributed by atoms with E-state index in [-0.39, 0.29) is 12.3 Å². The van der Waals surface area contributed by atoms with Crippen molar-refractivity contribution < 1.29 is 17.9 Å². The Morgan fingerprint density at radius 1 is 1.30 bits per heavy atom. The summed E-state index contributed by atoms with van der Waals surface area (Å²) in [6.45, 7) is 1.82. The van der Waals surface area contributed by atoms with E-state index in [0.29, 0.717) is 12.3 Å². The van der Waals surface area contributed by atoms with Gasteiger partial charge in [-0.2, -0.15) is 0 Å². The van der Waals surface area contributed by atoms with E-state index in [4.69, 9.17) is 0 Å². The molecule has 0 saturated carbocycles. The molecule has 2 rings (SSSR count). The molecule has 0 amide bonds. The summed E-state index contributed by atoms with van der Waals surface area (Å²) < 4.78 is 30.7. The van der Waals surface area contributed by atoms with Gasteiger partial charge in [0.05, 0.1) is 18.8 Å². The Morgan fingerprint density at radius 3 is 2.39 bits per heavy atom. The van der Waals surface area contributed by atoms with Gasteiger partial charge in [0.2, 0.25) is 10.0 Å². The topological polar surface area (TPSA) is 63.7 Å². The quantitative estimate of drug-likeness (QED) is 0.711. The van der Waals surface area contributed by atoms with E-state index in [0.717, 1.165) is 12.8 Å². The maximum Gasteiger partial charge on any atom is 0.309 e. The van der Waals surface area contributed by atoms with Crippen LogP contribution in [0.2, 0.25) is 0 Å². The zero-order valence-electron chi connectivity index (χ0n) is 14.0. The summed E-state index contributed by atoms with van der Waals surface area (Å²) in [6.07, 6.45) is 2.55. The fourth-order valence-corrected chi connectivity index (χ4v) is 4.49. The third kappa shape index (κ3) is 4.54. The second-order valence-corrected chi connectivity index (χ2v) is 8.55. The molecule has 0 radical (unpaired) electrons. The molecule has 1 aromatic carbocycles. The lowest BCUT2D eigenvalue weighted by molar-refractivity contribution is -0.144. The first-order valence-electron chi connectivity index (χ1n) is 7.92. The average Bonchev–Trinajstić information content (AvgIpc) is 2.95. The van der Waals surface area contributed by atoms with E-state index in [2.05, 4.69) is 16.9 Å². The molecule has 6 heteroatoms. The largest absolute Gasteiger partial charge is 0.469 e. The molecule has 128 valence electrons. The molecular weight excluding hydrogens is 314 g/mol. The number of carbonyl (C=O) groups is 1. The van der Waals surface area contributed by atoms with Crippen molar-refractivity contribution in [1.29, 1.82) is 0 Å². The standard InChI is InChI=1S/C17H25NO4S/c1-13(17(19)22-3)12-18(2)23(20,21)9-8-14-10-15-6-4-5-7-16(15)11-14/h4-7,13-14H,8-12H2,1-3H3/t13-/m1/s1. The second-order valence-electron chi connectivity index (χ2n) is 6.35. The van der Waals surface area contributed by atoms with E-state index in [1.54, 1.807) is 6.92 Å². The van der Waals surface area contributed by atoms with Crippen LogP contribution in [-0.2, 0) is 32.4 Å². The number of hydrogen-bond donors (Lipinski definition) is 0. The van der Waals surface area contributed by atoms with Crippen molar-refractivity contribution in [3.05, 3.63) is 35.4 Å². The molecule has 0 N–H and O–H groups in total. The summed E-state index contributed by atoms with van der Waals surface area (Å²) in [6, 6.07) is 8.29. The van der Waals surface area contributed by atoms with Gasteiger partial charge < -0.3 is 4.74 Å². The molecule has 1 aliphatic carbocycles. The van der Waals surface area contributed by atoms with Gasteiger partial charge in [0.1, 0.15) is 0 Å². The van der Waals surface area contributed by atoms with Crippen LogP contribution in [0.3, 0.4) is 0 Å². The van der Waals surface area contributed by atoms with Crippen LogP contribution in [0.25, 0.3) is 0 Å². The molecular formula is C17H25NO4S. The first-order valence-corrected chi connectivity index (χ1v) is 9.53. The minimum Gasteiger partial charge on any atom is -0.469 e. The molecule has 0 heterocycles. The fourth-order valence-electron chi connectivity index (χ4n) is 3.10. The number of carbonyl (C=O) groups excluding carboxylic acids is 1. The van der Waals surface area contributed by atoms with E-state index >= 15 is 0 Å². The van der Waals surface area contributed by atoms with Gasteiger partial charge in [0.15, 0.2) is 0 Å². The van der Waals surface area contributed by atoms with Crippen molar-refractivity contribution in [2.75, 3.05) is 26.5 Å². The normalized spacial score (nSPS) is 16.3. The summed E-state index contributed by atoms with van der Waals surface area (Å²) >= 11 is 0. The number of fused-ring (bicyclic) bond motifs is 1. The van der Waals surface area contributed by atoms with Crippen LogP contribution >= 0.6 is 0 Å². The smallest absolute Gasteiger partial charge is 0.309 e. The van der Waals surface area contributed by atoms with Gasteiger partial charge in [0.25, 0.3) is 0 Å². The summed E-state index contributed by atoms with van der Waals surface area (Å²) in [5.74, 6) is -0.349. The van der Waals surface area contributed by atoms with Gasteiger partial charge in [0, 0.05) is 13.6 Å². The van der Waals surface area contributed by atoms with Crippen molar-refractivity contribution in [2.24, 2.45) is 11.8 Å². The number of hydrogen-bond acceptors (Lipinski definition) is 4. The number of nitrogens with zero attached hydrogens (tertiary/aromatic N) is 1. The molecule has 0 unspecified atom stereocenters. The Labute approximate surface area is 138 Å². The van der Waals surface area contributed by atoms with Crippen LogP contribution in [0.4, 0.5) is 0 Å². The highest BCUT2D eigenvalue weighted by molar-refractivity contribution is 7.89. The predicted molar refractivity (Wildman–Crippen MR) is 89.6 cm³/mol. The van der Waals surface area contributed by atoms with Crippen molar-refractivity contribution in [3.63, 3.8) is 0 Å². The Hall–Kier alpha value is -1.40. The maximum absolute atomic E-state index is 12.4. The summed E-state index contributed by atoms with van der Waals surface area (Å²) in [5, 5.41) is 0. The molecule has 1 atom stereocenters. The molecule has 23 heavy (non-hydrogen) atoms. The lowest BCUT2D eigenvalue weighted by atomic mass is 10.0. The highest BCUT2D eigenvalue weighted by Crippen LogP contribution is 2.29. The van der Waals surface area contributed by atoms with Gasteiger partial charge >= 0.3 is 5.97 Å². The van der Waals surface area contributed by atoms with Crippen LogP contribution in [-0.4, -0.2) is 45.1 Å². The SMILES string of the molecule is COC(=O)[C@H](C)CN(C)S(=O)(=O)CCC1Cc2ccccc2C1. The Morgan fingerprint density at radius 2 is 1.87 bits per heavy atom. The number of methoxy groups -OCH3 is 1. The average molecular weight is 339 g/mol. The first-order chi connectivity index (χ1) is 10.8. The van der Waals surface area contributed by atoms with Crippen LogP contribution in [0.1, 0.15) is 24.5 Å². The van der Waals surface area contributed by atoms with Crippen molar-refractivity contribution >= 4 is 16.0 Å². The van der Waals surface area contributed by atoms with E-state index in [9.17, 15) is 13.2 Å². The Balaban J connectivity index is 1.86. The number of benzene rings is 1. The van der Waals surface area contributed by atoms with Crippen LogP contribution in [0.15, 0.2) is 24.3 Å². The number of ether oxygens (including phenoxy) is 1. The van der Waals surface area contributed by atoms with Crippen LogP contribution < -0.4 is 0 Å². The third-order valence-electron chi connectivity index (χ3n) is 4.53. The van der Waals surface area contributed by atoms with Gasteiger partial charge in [-0.15, -0.1) is 0 Å². The van der Waals surface area contributed by atoms with Crippen molar-refractivity contribution in [2.45, 2.75) is 26.2 Å². The minimum atomic E-state index is -3.35. The molecule has 0 aromatic heterocycles. The Bertz CT molecular complexity index is 631. The van der Waals surface area contributed by atoms with E-state index < -0.39 is 21.9 Å². The monoisotopic (exact) mass is 339 g/mol. The third-order valence-corrected chi connectivity index (χ3v) is 6.38. The lowest BCUT2D eigenvalue weighted by Gasteiger charge is -2.20. The summed E-state index contributed by atoms with van der Waals surface area (Å²) in [5.41, 5.74) is 2.67. The molecule has 0 spiro atoms. The maximum atomic E-state index is 12.4. The lowest BCUT2D eigenvalue weighted by Crippen LogP contribution is -2.36. The summed E-state index contributed by atoms with van der Waals surface area (Å²) in [4.78, 5) is 11.4. The Kier molecular flexibility index (Phi) is 5.81. The zero-order chi connectivity index (χ0) is 17.0. The summed E-state index contributed by atoms with van der Waals surface area (Å²) in [7, 11) is -0.510. The first kappa shape index (κ1) is 17.9. The molecule has 1 aliphatic rings. The zero-order valence-corrected chi connectivity index (χ0v) is 14.8. The molecule has 0 saturated heterocycles. The van der Waals surface area contributed by atoms with Gasteiger partial charge in [-0.3, -0.25) is 4.79 Å². The van der Waals surface area contributed by atoms with E-state index in [1.165, 1.54) is 29.6 Å². The van der Waals surface area contributed by atoms with Crippen molar-refractivity contribution in [3.8, 4) is 0 Å². The highest BCUT2D eigenvalue weighted by atomic mass is 32.2. The molecule has 1 aromatic rings. The fraction of sp³-hybridized carbons (Fsp3) is 0.588. The number of esters is 1. The molecule has 0 bridgehead atoms. The second kappa shape index (κ2) is 7.45. The predicted octanol–water partition coefficient (Wildman–Crippen LogP) is 1.86. The van der Waals surface area contributed by atoms with Gasteiger partial charge in [-0.1, -0.05) is 31.2 Å². The van der Waals surface area contributed by atoms with Gasteiger partial charge in [-0.05, 0) is 36.3 Å². The van der Waals surface area contributed by atoms with Crippen molar-refractivity contribution in [1.82, 2.24) is 4.31 Å². The molecule has 0 aliphatic heterocycles. The van der Waals surface area contributed by atoms with Crippen LogP contribution in [0.5, 0.6) is 0 Å². The van der Waals surface area contributed by atoms with Crippen LogP contribution in [0, 0.1) is 11.8 Å².